The fraction of sp³-hybridized carbons (Fsp3) is 0.391. The van der Waals surface area contributed by atoms with Crippen molar-refractivity contribution < 1.29 is 32.2 Å². The Balaban J connectivity index is 1.50. The number of nitrogens with zero attached hydrogens (tertiary/aromatic N) is 1. The Morgan fingerprint density at radius 1 is 1.15 bits per heavy atom. The molecule has 0 radical (unpaired) electrons. The number of fused-ring (bicyclic) bond motifs is 1. The Morgan fingerprint density at radius 3 is 2.53 bits per heavy atom. The van der Waals surface area contributed by atoms with Crippen LogP contribution in [0.3, 0.4) is 0 Å². The van der Waals surface area contributed by atoms with Crippen molar-refractivity contribution in [3.8, 4) is 17.2 Å². The summed E-state index contributed by atoms with van der Waals surface area (Å²) in [7, 11) is -0.847. The van der Waals surface area contributed by atoms with Crippen LogP contribution in [0.15, 0.2) is 41.3 Å². The van der Waals surface area contributed by atoms with Crippen molar-refractivity contribution >= 4 is 33.2 Å². The SMILES string of the molecule is COc1cc(NC(=O)[C@@H]2CCCN(S(=O)(=O)c3ccc4c(c3)NC(=O)[C@@H](C)O4)C2)cc(OC)c1. The van der Waals surface area contributed by atoms with Gasteiger partial charge in [0.2, 0.25) is 15.9 Å². The van der Waals surface area contributed by atoms with Gasteiger partial charge >= 0.3 is 0 Å². The van der Waals surface area contributed by atoms with Crippen LogP contribution in [0.25, 0.3) is 0 Å². The lowest BCUT2D eigenvalue weighted by Gasteiger charge is -2.31. The van der Waals surface area contributed by atoms with E-state index in [1.54, 1.807) is 25.1 Å². The van der Waals surface area contributed by atoms with E-state index >= 15 is 0 Å². The molecular formula is C23H27N3O7S. The van der Waals surface area contributed by atoms with Gasteiger partial charge < -0.3 is 24.8 Å². The van der Waals surface area contributed by atoms with Crippen molar-refractivity contribution in [2.45, 2.75) is 30.8 Å². The van der Waals surface area contributed by atoms with Crippen molar-refractivity contribution in [3.63, 3.8) is 0 Å². The molecule has 2 aromatic rings. The van der Waals surface area contributed by atoms with Gasteiger partial charge in [-0.2, -0.15) is 4.31 Å². The number of carbonyl (C=O) groups excluding carboxylic acids is 2. The van der Waals surface area contributed by atoms with Gasteiger partial charge in [0.15, 0.2) is 6.10 Å². The number of hydrogen-bond acceptors (Lipinski definition) is 7. The molecule has 10 nitrogen and oxygen atoms in total. The number of anilines is 2. The molecule has 0 aliphatic carbocycles. The predicted molar refractivity (Wildman–Crippen MR) is 125 cm³/mol. The topological polar surface area (TPSA) is 123 Å². The number of benzene rings is 2. The zero-order valence-corrected chi connectivity index (χ0v) is 20.0. The lowest BCUT2D eigenvalue weighted by molar-refractivity contribution is -0.123. The Kier molecular flexibility index (Phi) is 6.67. The van der Waals surface area contributed by atoms with E-state index < -0.39 is 22.0 Å². The molecular weight excluding hydrogens is 462 g/mol. The van der Waals surface area contributed by atoms with Crippen LogP contribution in [0.2, 0.25) is 0 Å². The highest BCUT2D eigenvalue weighted by Crippen LogP contribution is 2.34. The maximum absolute atomic E-state index is 13.3. The number of nitrogens with one attached hydrogen (secondary N) is 2. The second-order valence-electron chi connectivity index (χ2n) is 8.20. The normalized spacial score (nSPS) is 20.5. The largest absolute Gasteiger partial charge is 0.497 e. The van der Waals surface area contributed by atoms with Gasteiger partial charge in [-0.1, -0.05) is 0 Å². The quantitative estimate of drug-likeness (QED) is 0.639. The fourth-order valence-electron chi connectivity index (χ4n) is 4.00. The van der Waals surface area contributed by atoms with Crippen LogP contribution >= 0.6 is 0 Å². The highest BCUT2D eigenvalue weighted by atomic mass is 32.2. The average Bonchev–Trinajstić information content (AvgIpc) is 2.84. The first-order chi connectivity index (χ1) is 16.2. The predicted octanol–water partition coefficient (Wildman–Crippen LogP) is 2.46. The van der Waals surface area contributed by atoms with Crippen molar-refractivity contribution in [1.29, 1.82) is 0 Å². The number of rotatable bonds is 6. The summed E-state index contributed by atoms with van der Waals surface area (Å²) in [6, 6.07) is 9.40. The monoisotopic (exact) mass is 489 g/mol. The molecule has 34 heavy (non-hydrogen) atoms. The van der Waals surface area contributed by atoms with E-state index in [9.17, 15) is 18.0 Å². The van der Waals surface area contributed by atoms with E-state index in [1.165, 1.54) is 36.7 Å². The lowest BCUT2D eigenvalue weighted by atomic mass is 9.98. The van der Waals surface area contributed by atoms with E-state index in [4.69, 9.17) is 14.2 Å². The second-order valence-corrected chi connectivity index (χ2v) is 10.1. The van der Waals surface area contributed by atoms with Crippen molar-refractivity contribution in [3.05, 3.63) is 36.4 Å². The Bertz CT molecular complexity index is 1190. The van der Waals surface area contributed by atoms with Crippen LogP contribution in [0.1, 0.15) is 19.8 Å². The third-order valence-corrected chi connectivity index (χ3v) is 7.75. The summed E-state index contributed by atoms with van der Waals surface area (Å²) in [5.74, 6) is 0.319. The molecule has 2 heterocycles. The molecule has 2 atom stereocenters. The molecule has 1 saturated heterocycles. The van der Waals surface area contributed by atoms with Gasteiger partial charge in [0.25, 0.3) is 5.91 Å². The average molecular weight is 490 g/mol. The first-order valence-electron chi connectivity index (χ1n) is 10.9. The van der Waals surface area contributed by atoms with E-state index in [2.05, 4.69) is 10.6 Å². The van der Waals surface area contributed by atoms with Crippen LogP contribution in [-0.4, -0.2) is 58.0 Å². The highest BCUT2D eigenvalue weighted by molar-refractivity contribution is 7.89. The van der Waals surface area contributed by atoms with Crippen LogP contribution in [0.4, 0.5) is 11.4 Å². The number of hydrogen-bond donors (Lipinski definition) is 2. The molecule has 4 rings (SSSR count). The zero-order valence-electron chi connectivity index (χ0n) is 19.2. The smallest absolute Gasteiger partial charge is 0.265 e. The summed E-state index contributed by atoms with van der Waals surface area (Å²) >= 11 is 0. The molecule has 2 aromatic carbocycles. The van der Waals surface area contributed by atoms with Gasteiger partial charge in [0.1, 0.15) is 17.2 Å². The van der Waals surface area contributed by atoms with E-state index in [1.807, 2.05) is 0 Å². The number of ether oxygens (including phenoxy) is 3. The maximum Gasteiger partial charge on any atom is 0.265 e. The van der Waals surface area contributed by atoms with E-state index in [-0.39, 0.29) is 23.3 Å². The minimum atomic E-state index is -3.88. The van der Waals surface area contributed by atoms with Gasteiger partial charge in [0.05, 0.1) is 30.7 Å². The molecule has 1 fully saturated rings. The molecule has 2 amide bonds. The molecule has 2 aliphatic heterocycles. The first-order valence-corrected chi connectivity index (χ1v) is 12.3. The van der Waals surface area contributed by atoms with Gasteiger partial charge in [0, 0.05) is 37.0 Å². The molecule has 2 aliphatic rings. The molecule has 0 spiro atoms. The van der Waals surface area contributed by atoms with Gasteiger partial charge in [-0.25, -0.2) is 8.42 Å². The van der Waals surface area contributed by atoms with Crippen LogP contribution in [-0.2, 0) is 19.6 Å². The number of methoxy groups -OCH3 is 2. The Hall–Kier alpha value is -3.31. The number of carbonyl (C=O) groups is 2. The van der Waals surface area contributed by atoms with Gasteiger partial charge in [-0.3, -0.25) is 9.59 Å². The van der Waals surface area contributed by atoms with Crippen molar-refractivity contribution in [2.75, 3.05) is 37.9 Å². The molecule has 0 saturated carbocycles. The third kappa shape index (κ3) is 4.80. The number of amides is 2. The number of piperidine rings is 1. The minimum Gasteiger partial charge on any atom is -0.497 e. The third-order valence-electron chi connectivity index (χ3n) is 5.89. The van der Waals surface area contributed by atoms with Gasteiger partial charge in [-0.15, -0.1) is 0 Å². The Labute approximate surface area is 198 Å². The molecule has 2 N–H and O–H groups in total. The molecule has 0 bridgehead atoms. The first kappa shape index (κ1) is 23.8. The fourth-order valence-corrected chi connectivity index (χ4v) is 5.55. The van der Waals surface area contributed by atoms with Crippen LogP contribution in [0, 0.1) is 5.92 Å². The van der Waals surface area contributed by atoms with Crippen molar-refractivity contribution in [1.82, 2.24) is 4.31 Å². The maximum atomic E-state index is 13.3. The summed E-state index contributed by atoms with van der Waals surface area (Å²) in [5.41, 5.74) is 0.809. The standard InChI is InChI=1S/C23H27N3O7S/c1-14-22(27)25-20-12-19(6-7-21(20)33-14)34(29,30)26-8-4-5-15(13-26)23(28)24-16-9-17(31-2)11-18(10-16)32-3/h6-7,9-12,14-15H,4-5,8,13H2,1-3H3,(H,24,28)(H,25,27)/t14-,15-/m1/s1. The summed E-state index contributed by atoms with van der Waals surface area (Å²) in [4.78, 5) is 24.9. The molecule has 11 heteroatoms. The zero-order chi connectivity index (χ0) is 24.5. The summed E-state index contributed by atoms with van der Waals surface area (Å²) in [5, 5.41) is 5.50. The molecule has 0 unspecified atom stereocenters. The number of sulfonamides is 1. The molecule has 0 aromatic heterocycles. The van der Waals surface area contributed by atoms with E-state index in [0.717, 1.165) is 0 Å². The van der Waals surface area contributed by atoms with Crippen LogP contribution < -0.4 is 24.8 Å². The second kappa shape index (κ2) is 9.51. The summed E-state index contributed by atoms with van der Waals surface area (Å²) in [6.07, 6.45) is 0.451. The minimum absolute atomic E-state index is 0.0308. The Morgan fingerprint density at radius 2 is 1.85 bits per heavy atom. The van der Waals surface area contributed by atoms with Crippen molar-refractivity contribution in [2.24, 2.45) is 5.92 Å². The van der Waals surface area contributed by atoms with E-state index in [0.29, 0.717) is 48.0 Å². The summed E-state index contributed by atoms with van der Waals surface area (Å²) in [6.45, 7) is 1.96. The van der Waals surface area contributed by atoms with Crippen LogP contribution in [0.5, 0.6) is 17.2 Å². The lowest BCUT2D eigenvalue weighted by Crippen LogP contribution is -2.43. The van der Waals surface area contributed by atoms with Gasteiger partial charge in [-0.05, 0) is 38.0 Å². The molecule has 182 valence electrons. The summed E-state index contributed by atoms with van der Waals surface area (Å²) < 4.78 is 43.9. The highest BCUT2D eigenvalue weighted by Gasteiger charge is 2.34.